The summed E-state index contributed by atoms with van der Waals surface area (Å²) in [7, 11) is -2.16. The minimum atomic E-state index is -3.53. The zero-order valence-electron chi connectivity index (χ0n) is 15.0. The van der Waals surface area contributed by atoms with Gasteiger partial charge in [0.2, 0.25) is 10.0 Å². The van der Waals surface area contributed by atoms with Crippen molar-refractivity contribution < 1.29 is 17.9 Å². The van der Waals surface area contributed by atoms with E-state index in [1.807, 2.05) is 26.8 Å². The van der Waals surface area contributed by atoms with Crippen LogP contribution >= 0.6 is 0 Å². The van der Waals surface area contributed by atoms with Gasteiger partial charge in [0.1, 0.15) is 17.0 Å². The van der Waals surface area contributed by atoms with Crippen molar-refractivity contribution in [1.29, 1.82) is 0 Å². The average Bonchev–Trinajstić information content (AvgIpc) is 2.85. The van der Waals surface area contributed by atoms with Gasteiger partial charge in [-0.1, -0.05) is 12.1 Å². The highest BCUT2D eigenvalue weighted by atomic mass is 32.2. The maximum absolute atomic E-state index is 12.3. The number of sulfonamides is 1. The van der Waals surface area contributed by atoms with Crippen LogP contribution in [0.4, 0.5) is 5.82 Å². The van der Waals surface area contributed by atoms with E-state index < -0.39 is 21.6 Å². The molecule has 1 atom stereocenters. The lowest BCUT2D eigenvalue weighted by Crippen LogP contribution is -2.19. The summed E-state index contributed by atoms with van der Waals surface area (Å²) in [5.41, 5.74) is 1.25. The Hall–Kier alpha value is -2.45. The van der Waals surface area contributed by atoms with Crippen molar-refractivity contribution in [2.75, 3.05) is 12.4 Å². The molecule has 0 spiro atoms. The number of ether oxygens (including phenoxy) is 1. The number of rotatable bonds is 5. The molecule has 0 aliphatic carbocycles. The third kappa shape index (κ3) is 3.17. The highest BCUT2D eigenvalue weighted by Crippen LogP contribution is 2.39. The van der Waals surface area contributed by atoms with Crippen LogP contribution in [0.1, 0.15) is 48.3 Å². The number of nitrogens with zero attached hydrogens (tertiary/aromatic N) is 1. The van der Waals surface area contributed by atoms with Gasteiger partial charge in [0, 0.05) is 11.8 Å². The number of fused-ring (bicyclic) bond motifs is 1. The van der Waals surface area contributed by atoms with Crippen molar-refractivity contribution in [3.8, 4) is 0 Å². The quantitative estimate of drug-likeness (QED) is 0.780. The lowest BCUT2D eigenvalue weighted by Gasteiger charge is -2.19. The van der Waals surface area contributed by atoms with E-state index in [1.54, 1.807) is 24.4 Å². The highest BCUT2D eigenvalue weighted by molar-refractivity contribution is 7.89. The van der Waals surface area contributed by atoms with Crippen LogP contribution in [0.15, 0.2) is 41.4 Å². The van der Waals surface area contributed by atoms with Gasteiger partial charge >= 0.3 is 5.97 Å². The number of anilines is 1. The summed E-state index contributed by atoms with van der Waals surface area (Å²) >= 11 is 0. The van der Waals surface area contributed by atoms with Gasteiger partial charge in [0.25, 0.3) is 0 Å². The number of pyridine rings is 1. The second-order valence-electron chi connectivity index (χ2n) is 6.63. The molecule has 2 aromatic rings. The molecule has 0 saturated heterocycles. The van der Waals surface area contributed by atoms with E-state index in [2.05, 4.69) is 15.0 Å². The van der Waals surface area contributed by atoms with E-state index in [0.29, 0.717) is 11.4 Å². The molecule has 26 heavy (non-hydrogen) atoms. The monoisotopic (exact) mass is 375 g/mol. The Morgan fingerprint density at radius 1 is 1.23 bits per heavy atom. The third-order valence-electron chi connectivity index (χ3n) is 4.44. The molecule has 0 amide bonds. The number of esters is 1. The zero-order chi connectivity index (χ0) is 19.1. The van der Waals surface area contributed by atoms with Crippen molar-refractivity contribution in [1.82, 2.24) is 9.71 Å². The van der Waals surface area contributed by atoms with E-state index in [0.717, 1.165) is 11.1 Å². The first kappa shape index (κ1) is 18.3. The van der Waals surface area contributed by atoms with Crippen LogP contribution in [-0.2, 0) is 20.4 Å². The minimum absolute atomic E-state index is 0.179. The van der Waals surface area contributed by atoms with Crippen molar-refractivity contribution in [3.05, 3.63) is 53.2 Å². The van der Waals surface area contributed by atoms with Crippen LogP contribution < -0.4 is 10.0 Å². The number of nitrogens with one attached hydrogen (secondary N) is 2. The number of cyclic esters (lactones) is 1. The van der Waals surface area contributed by atoms with Gasteiger partial charge < -0.3 is 10.1 Å². The van der Waals surface area contributed by atoms with Crippen LogP contribution in [0.25, 0.3) is 0 Å². The highest BCUT2D eigenvalue weighted by Gasteiger charge is 2.40. The summed E-state index contributed by atoms with van der Waals surface area (Å²) in [4.78, 5) is 16.7. The molecule has 1 aliphatic heterocycles. The average molecular weight is 375 g/mol. The second kappa shape index (κ2) is 6.37. The summed E-state index contributed by atoms with van der Waals surface area (Å²) in [6, 6.07) is 8.12. The third-order valence-corrected chi connectivity index (χ3v) is 5.85. The van der Waals surface area contributed by atoms with Crippen molar-refractivity contribution in [3.63, 3.8) is 0 Å². The molecule has 1 aromatic carbocycles. The fraction of sp³-hybridized carbons (Fsp3) is 0.333. The molecule has 1 aliphatic rings. The fourth-order valence-corrected chi connectivity index (χ4v) is 3.76. The number of benzene rings is 1. The summed E-state index contributed by atoms with van der Waals surface area (Å²) in [6.07, 6.45) is 1.62. The number of hydrogen-bond donors (Lipinski definition) is 2. The summed E-state index contributed by atoms with van der Waals surface area (Å²) in [5.74, 6) is 0.00626. The molecule has 8 heteroatoms. The Kier molecular flexibility index (Phi) is 4.49. The first-order valence-electron chi connectivity index (χ1n) is 8.18. The Morgan fingerprint density at radius 2 is 1.96 bits per heavy atom. The predicted octanol–water partition coefficient (Wildman–Crippen LogP) is 2.57. The molecule has 0 fully saturated rings. The SMILES string of the molecule is CNS(=O)(=O)c1cccc(C(C)Nc2nccc3c2C(=O)OC3(C)C)c1. The van der Waals surface area contributed by atoms with E-state index in [9.17, 15) is 13.2 Å². The molecule has 0 saturated carbocycles. The van der Waals surface area contributed by atoms with E-state index in [-0.39, 0.29) is 10.9 Å². The maximum Gasteiger partial charge on any atom is 0.343 e. The van der Waals surface area contributed by atoms with Gasteiger partial charge in [-0.05, 0) is 51.6 Å². The molecule has 1 aromatic heterocycles. The number of carbonyl (C=O) groups excluding carboxylic acids is 1. The van der Waals surface area contributed by atoms with Gasteiger partial charge in [0.05, 0.1) is 10.9 Å². The Balaban J connectivity index is 1.94. The topological polar surface area (TPSA) is 97.4 Å². The molecule has 7 nitrogen and oxygen atoms in total. The van der Waals surface area contributed by atoms with Crippen LogP contribution in [0.3, 0.4) is 0 Å². The van der Waals surface area contributed by atoms with Gasteiger partial charge in [-0.25, -0.2) is 22.9 Å². The largest absolute Gasteiger partial charge is 0.451 e. The Bertz CT molecular complexity index is 970. The molecule has 0 bridgehead atoms. The number of aromatic nitrogens is 1. The second-order valence-corrected chi connectivity index (χ2v) is 8.51. The van der Waals surface area contributed by atoms with Gasteiger partial charge in [-0.3, -0.25) is 0 Å². The van der Waals surface area contributed by atoms with E-state index in [4.69, 9.17) is 4.74 Å². The molecule has 2 N–H and O–H groups in total. The van der Waals surface area contributed by atoms with Crippen LogP contribution in [0.5, 0.6) is 0 Å². The Morgan fingerprint density at radius 3 is 2.65 bits per heavy atom. The maximum atomic E-state index is 12.3. The van der Waals surface area contributed by atoms with Crippen LogP contribution in [0.2, 0.25) is 0 Å². The first-order chi connectivity index (χ1) is 12.2. The van der Waals surface area contributed by atoms with E-state index in [1.165, 1.54) is 13.1 Å². The smallest absolute Gasteiger partial charge is 0.343 e. The normalized spacial score (nSPS) is 16.7. The standard InChI is InChI=1S/C18H21N3O4S/c1-11(12-6-5-7-13(10-12)26(23,24)19-4)21-16-15-14(8-9-20-16)18(2,3)25-17(15)22/h5-11,19H,1-4H3,(H,20,21). The summed E-state index contributed by atoms with van der Waals surface area (Å²) in [6.45, 7) is 5.53. The van der Waals surface area contributed by atoms with Gasteiger partial charge in [-0.15, -0.1) is 0 Å². The zero-order valence-corrected chi connectivity index (χ0v) is 15.8. The number of hydrogen-bond acceptors (Lipinski definition) is 6. The van der Waals surface area contributed by atoms with E-state index >= 15 is 0 Å². The lowest BCUT2D eigenvalue weighted by atomic mass is 9.97. The Labute approximate surface area is 152 Å². The summed E-state index contributed by atoms with van der Waals surface area (Å²) in [5, 5.41) is 3.20. The number of carbonyl (C=O) groups is 1. The minimum Gasteiger partial charge on any atom is -0.451 e. The van der Waals surface area contributed by atoms with Crippen molar-refractivity contribution in [2.24, 2.45) is 0 Å². The molecule has 3 rings (SSSR count). The van der Waals surface area contributed by atoms with Crippen LogP contribution in [-0.4, -0.2) is 26.4 Å². The molecule has 2 heterocycles. The lowest BCUT2D eigenvalue weighted by molar-refractivity contribution is 0.00958. The fourth-order valence-electron chi connectivity index (χ4n) is 2.97. The summed E-state index contributed by atoms with van der Waals surface area (Å²) < 4.78 is 31.7. The van der Waals surface area contributed by atoms with Gasteiger partial charge in [0.15, 0.2) is 0 Å². The molecular weight excluding hydrogens is 354 g/mol. The van der Waals surface area contributed by atoms with Crippen molar-refractivity contribution >= 4 is 21.8 Å². The predicted molar refractivity (Wildman–Crippen MR) is 97.4 cm³/mol. The molecule has 0 radical (unpaired) electrons. The molecular formula is C18H21N3O4S. The van der Waals surface area contributed by atoms with Crippen LogP contribution in [0, 0.1) is 0 Å². The van der Waals surface area contributed by atoms with Gasteiger partial charge in [-0.2, -0.15) is 0 Å². The molecule has 138 valence electrons. The van der Waals surface area contributed by atoms with Crippen molar-refractivity contribution in [2.45, 2.75) is 37.3 Å². The first-order valence-corrected chi connectivity index (χ1v) is 9.67. The molecule has 1 unspecified atom stereocenters.